The number of rotatable bonds is 5. The van der Waals surface area contributed by atoms with E-state index in [2.05, 4.69) is 15.3 Å². The highest BCUT2D eigenvalue weighted by Crippen LogP contribution is 2.36. The first-order chi connectivity index (χ1) is 12.6. The minimum absolute atomic E-state index is 0.0991. The Kier molecular flexibility index (Phi) is 5.50. The average Bonchev–Trinajstić information content (AvgIpc) is 2.91. The van der Waals surface area contributed by atoms with E-state index >= 15 is 0 Å². The van der Waals surface area contributed by atoms with Gasteiger partial charge >= 0.3 is 5.69 Å². The van der Waals surface area contributed by atoms with Crippen molar-refractivity contribution in [3.8, 4) is 5.75 Å². The zero-order chi connectivity index (χ0) is 18.5. The topological polar surface area (TPSA) is 93.4 Å². The molecule has 2 aromatic rings. The van der Waals surface area contributed by atoms with Crippen molar-refractivity contribution in [2.45, 2.75) is 32.6 Å². The van der Waals surface area contributed by atoms with Crippen molar-refractivity contribution in [2.75, 3.05) is 30.4 Å². The molecular formula is C18H23N5O3. The molecule has 1 aromatic heterocycles. The van der Waals surface area contributed by atoms with Crippen LogP contribution in [0.4, 0.5) is 23.0 Å². The van der Waals surface area contributed by atoms with E-state index in [0.29, 0.717) is 17.3 Å². The number of methoxy groups -OCH3 is 1. The van der Waals surface area contributed by atoms with E-state index in [9.17, 15) is 10.1 Å². The molecule has 1 N–H and O–H groups in total. The van der Waals surface area contributed by atoms with Crippen molar-refractivity contribution in [1.82, 2.24) is 9.97 Å². The van der Waals surface area contributed by atoms with Gasteiger partial charge in [0.2, 0.25) is 11.6 Å². The monoisotopic (exact) mass is 357 g/mol. The number of aryl methyl sites for hydroxylation is 1. The van der Waals surface area contributed by atoms with Crippen LogP contribution in [-0.4, -0.2) is 35.1 Å². The third kappa shape index (κ3) is 3.84. The van der Waals surface area contributed by atoms with Gasteiger partial charge < -0.3 is 15.0 Å². The minimum Gasteiger partial charge on any atom is -0.495 e. The molecule has 0 radical (unpaired) electrons. The van der Waals surface area contributed by atoms with Crippen molar-refractivity contribution in [2.24, 2.45) is 0 Å². The van der Waals surface area contributed by atoms with Crippen molar-refractivity contribution >= 4 is 23.0 Å². The Morgan fingerprint density at radius 1 is 1.19 bits per heavy atom. The van der Waals surface area contributed by atoms with Crippen LogP contribution in [0.5, 0.6) is 5.75 Å². The molecule has 3 rings (SSSR count). The molecule has 0 saturated carbocycles. The summed E-state index contributed by atoms with van der Waals surface area (Å²) in [5.41, 5.74) is 1.55. The van der Waals surface area contributed by atoms with E-state index in [0.717, 1.165) is 44.3 Å². The van der Waals surface area contributed by atoms with Crippen LogP contribution in [0, 0.1) is 17.0 Å². The number of aromatic nitrogens is 2. The quantitative estimate of drug-likeness (QED) is 0.642. The predicted molar refractivity (Wildman–Crippen MR) is 100 cm³/mol. The van der Waals surface area contributed by atoms with E-state index < -0.39 is 4.92 Å². The molecule has 0 bridgehead atoms. The molecular weight excluding hydrogens is 334 g/mol. The van der Waals surface area contributed by atoms with Crippen LogP contribution in [0.2, 0.25) is 0 Å². The van der Waals surface area contributed by atoms with E-state index in [1.165, 1.54) is 6.33 Å². The molecule has 8 heteroatoms. The Labute approximate surface area is 152 Å². The third-order valence-corrected chi connectivity index (χ3v) is 4.50. The van der Waals surface area contributed by atoms with Gasteiger partial charge in [0.05, 0.1) is 17.7 Å². The second-order valence-electron chi connectivity index (χ2n) is 6.38. The largest absolute Gasteiger partial charge is 0.495 e. The Morgan fingerprint density at radius 2 is 1.92 bits per heavy atom. The van der Waals surface area contributed by atoms with Gasteiger partial charge in [0.15, 0.2) is 0 Å². The number of nitro groups is 1. The van der Waals surface area contributed by atoms with Gasteiger partial charge in [-0.15, -0.1) is 0 Å². The van der Waals surface area contributed by atoms with Gasteiger partial charge in [0.25, 0.3) is 0 Å². The Morgan fingerprint density at radius 3 is 2.58 bits per heavy atom. The second kappa shape index (κ2) is 7.99. The summed E-state index contributed by atoms with van der Waals surface area (Å²) in [7, 11) is 1.56. The zero-order valence-electron chi connectivity index (χ0n) is 15.1. The average molecular weight is 357 g/mol. The Bertz CT molecular complexity index is 788. The third-order valence-electron chi connectivity index (χ3n) is 4.50. The molecule has 1 aliphatic heterocycles. The molecule has 26 heavy (non-hydrogen) atoms. The van der Waals surface area contributed by atoms with Crippen molar-refractivity contribution in [1.29, 1.82) is 0 Å². The molecule has 1 aromatic carbocycles. The molecule has 2 heterocycles. The summed E-state index contributed by atoms with van der Waals surface area (Å²) in [4.78, 5) is 21.8. The van der Waals surface area contributed by atoms with Crippen molar-refractivity contribution in [3.05, 3.63) is 40.2 Å². The zero-order valence-corrected chi connectivity index (χ0v) is 15.1. The molecule has 1 fully saturated rings. The standard InChI is InChI=1S/C18H23N5O3/c1-13-7-8-15(26-2)14(11-13)21-17-16(23(24)25)18(20-12-19-17)22-9-5-3-4-6-10-22/h7-8,11-12H,3-6,9-10H2,1-2H3,(H,19,20,21). The van der Waals surface area contributed by atoms with Crippen LogP contribution in [0.25, 0.3) is 0 Å². The summed E-state index contributed by atoms with van der Waals surface area (Å²) in [5.74, 6) is 1.15. The first-order valence-electron chi connectivity index (χ1n) is 8.76. The Hall–Kier alpha value is -2.90. The molecule has 0 aliphatic carbocycles. The number of anilines is 3. The molecule has 138 valence electrons. The van der Waals surface area contributed by atoms with Gasteiger partial charge in [0, 0.05) is 13.1 Å². The van der Waals surface area contributed by atoms with Gasteiger partial charge in [-0.05, 0) is 37.5 Å². The molecule has 0 amide bonds. The number of ether oxygens (including phenoxy) is 1. The van der Waals surface area contributed by atoms with Crippen LogP contribution in [-0.2, 0) is 0 Å². The lowest BCUT2D eigenvalue weighted by Crippen LogP contribution is -2.26. The summed E-state index contributed by atoms with van der Waals surface area (Å²) < 4.78 is 5.35. The van der Waals surface area contributed by atoms with Crippen LogP contribution in [0.1, 0.15) is 31.2 Å². The molecule has 1 aliphatic rings. The number of hydrogen-bond acceptors (Lipinski definition) is 7. The molecule has 0 unspecified atom stereocenters. The van der Waals surface area contributed by atoms with Gasteiger partial charge in [0.1, 0.15) is 12.1 Å². The number of nitrogens with one attached hydrogen (secondary N) is 1. The maximum atomic E-state index is 11.8. The van der Waals surface area contributed by atoms with Crippen molar-refractivity contribution < 1.29 is 9.66 Å². The number of benzene rings is 1. The van der Waals surface area contributed by atoms with E-state index in [1.807, 2.05) is 30.0 Å². The van der Waals surface area contributed by atoms with Crippen LogP contribution >= 0.6 is 0 Å². The molecule has 0 spiro atoms. The second-order valence-corrected chi connectivity index (χ2v) is 6.38. The lowest BCUT2D eigenvalue weighted by molar-refractivity contribution is -0.383. The summed E-state index contributed by atoms with van der Waals surface area (Å²) in [5, 5.41) is 14.9. The summed E-state index contributed by atoms with van der Waals surface area (Å²) in [6, 6.07) is 5.61. The Balaban J connectivity index is 2.01. The van der Waals surface area contributed by atoms with Crippen LogP contribution in [0.15, 0.2) is 24.5 Å². The van der Waals surface area contributed by atoms with E-state index in [4.69, 9.17) is 4.74 Å². The van der Waals surface area contributed by atoms with Gasteiger partial charge in [-0.2, -0.15) is 0 Å². The summed E-state index contributed by atoms with van der Waals surface area (Å²) >= 11 is 0. The highest BCUT2D eigenvalue weighted by molar-refractivity contribution is 5.76. The predicted octanol–water partition coefficient (Wildman–Crippen LogP) is 3.83. The van der Waals surface area contributed by atoms with Crippen molar-refractivity contribution in [3.63, 3.8) is 0 Å². The molecule has 8 nitrogen and oxygen atoms in total. The van der Waals surface area contributed by atoms with Crippen LogP contribution in [0.3, 0.4) is 0 Å². The smallest absolute Gasteiger partial charge is 0.353 e. The van der Waals surface area contributed by atoms with Gasteiger partial charge in [-0.1, -0.05) is 18.9 Å². The normalized spacial score (nSPS) is 14.6. The van der Waals surface area contributed by atoms with Gasteiger partial charge in [-0.3, -0.25) is 10.1 Å². The minimum atomic E-state index is -0.412. The lowest BCUT2D eigenvalue weighted by Gasteiger charge is -2.21. The highest BCUT2D eigenvalue weighted by Gasteiger charge is 2.28. The SMILES string of the molecule is COc1ccc(C)cc1Nc1ncnc(N2CCCCCC2)c1[N+](=O)[O-]. The number of nitrogens with zero attached hydrogens (tertiary/aromatic N) is 4. The number of hydrogen-bond donors (Lipinski definition) is 1. The fourth-order valence-electron chi connectivity index (χ4n) is 3.19. The maximum absolute atomic E-state index is 11.8. The van der Waals surface area contributed by atoms with Crippen LogP contribution < -0.4 is 15.0 Å². The summed E-state index contributed by atoms with van der Waals surface area (Å²) in [6.45, 7) is 3.48. The summed E-state index contributed by atoms with van der Waals surface area (Å²) in [6.07, 6.45) is 5.67. The molecule has 0 atom stereocenters. The maximum Gasteiger partial charge on any atom is 0.353 e. The van der Waals surface area contributed by atoms with E-state index in [-0.39, 0.29) is 11.5 Å². The first-order valence-corrected chi connectivity index (χ1v) is 8.76. The van der Waals surface area contributed by atoms with Gasteiger partial charge in [-0.25, -0.2) is 9.97 Å². The van der Waals surface area contributed by atoms with E-state index in [1.54, 1.807) is 7.11 Å². The fraction of sp³-hybridized carbons (Fsp3) is 0.444. The highest BCUT2D eigenvalue weighted by atomic mass is 16.6. The molecule has 1 saturated heterocycles. The lowest BCUT2D eigenvalue weighted by atomic mass is 10.2. The fourth-order valence-corrected chi connectivity index (χ4v) is 3.19. The first kappa shape index (κ1) is 17.9.